The Balaban J connectivity index is 1.53. The molecular weight excluding hydrogens is 346 g/mol. The lowest BCUT2D eigenvalue weighted by Gasteiger charge is -2.47. The summed E-state index contributed by atoms with van der Waals surface area (Å²) in [5.74, 6) is -0.149. The average Bonchev–Trinajstić information content (AvgIpc) is 3.05. The summed E-state index contributed by atoms with van der Waals surface area (Å²) >= 11 is 0. The molecular formula is C20H28BFN2O3. The van der Waals surface area contributed by atoms with E-state index < -0.39 is 18.3 Å². The Bertz CT molecular complexity index is 760. The maximum absolute atomic E-state index is 15.4. The number of hydrogen-bond donors (Lipinski definition) is 0. The van der Waals surface area contributed by atoms with Gasteiger partial charge in [-0.1, -0.05) is 12.1 Å². The van der Waals surface area contributed by atoms with Gasteiger partial charge in [-0.05, 0) is 40.2 Å². The van der Waals surface area contributed by atoms with Crippen molar-refractivity contribution in [2.45, 2.75) is 52.2 Å². The summed E-state index contributed by atoms with van der Waals surface area (Å²) in [5, 5.41) is 0. The molecule has 0 atom stereocenters. The van der Waals surface area contributed by atoms with Gasteiger partial charge in [0.2, 0.25) is 5.91 Å². The van der Waals surface area contributed by atoms with Crippen LogP contribution in [0.2, 0.25) is 0 Å². The van der Waals surface area contributed by atoms with Crippen molar-refractivity contribution in [2.75, 3.05) is 31.1 Å². The van der Waals surface area contributed by atoms with Crippen molar-refractivity contribution in [3.8, 4) is 0 Å². The van der Waals surface area contributed by atoms with Gasteiger partial charge in [-0.3, -0.25) is 4.79 Å². The number of carbonyl (C=O) groups is 1. The van der Waals surface area contributed by atoms with Crippen LogP contribution in [0.5, 0.6) is 0 Å². The highest BCUT2D eigenvalue weighted by Gasteiger charge is 2.53. The minimum atomic E-state index is -0.705. The zero-order valence-electron chi connectivity index (χ0n) is 16.8. The summed E-state index contributed by atoms with van der Waals surface area (Å²) in [4.78, 5) is 15.5. The standard InChI is InChI=1S/C20H28BFN2O3/c1-14(25)24-12-20(13-24)9-10-23(11-20)16-8-6-7-15(17(16)22)21-26-18(2,3)19(4,5)27-21/h6-8H,9-13H2,1-5H3. The maximum Gasteiger partial charge on any atom is 0.497 e. The van der Waals surface area contributed by atoms with Crippen molar-refractivity contribution in [3.63, 3.8) is 0 Å². The van der Waals surface area contributed by atoms with Crippen molar-refractivity contribution in [1.82, 2.24) is 4.90 Å². The highest BCUT2D eigenvalue weighted by molar-refractivity contribution is 6.62. The van der Waals surface area contributed by atoms with E-state index >= 15 is 4.39 Å². The molecule has 0 radical (unpaired) electrons. The Labute approximate surface area is 160 Å². The van der Waals surface area contributed by atoms with Gasteiger partial charge < -0.3 is 19.1 Å². The van der Waals surface area contributed by atoms with E-state index in [0.29, 0.717) is 11.2 Å². The maximum atomic E-state index is 15.4. The molecule has 0 saturated carbocycles. The predicted molar refractivity (Wildman–Crippen MR) is 104 cm³/mol. The molecule has 0 N–H and O–H groups in total. The first-order valence-corrected chi connectivity index (χ1v) is 9.68. The van der Waals surface area contributed by atoms with Crippen LogP contribution in [0.3, 0.4) is 0 Å². The van der Waals surface area contributed by atoms with Gasteiger partial charge in [0.25, 0.3) is 0 Å². The van der Waals surface area contributed by atoms with Gasteiger partial charge >= 0.3 is 7.12 Å². The van der Waals surface area contributed by atoms with E-state index in [1.54, 1.807) is 13.0 Å². The number of anilines is 1. The fraction of sp³-hybridized carbons (Fsp3) is 0.650. The second-order valence-corrected chi connectivity index (χ2v) is 9.32. The number of benzene rings is 1. The van der Waals surface area contributed by atoms with Crippen molar-refractivity contribution in [2.24, 2.45) is 5.41 Å². The predicted octanol–water partition coefficient (Wildman–Crippen LogP) is 2.18. The summed E-state index contributed by atoms with van der Waals surface area (Å²) in [7, 11) is -0.705. The summed E-state index contributed by atoms with van der Waals surface area (Å²) in [6.45, 7) is 12.6. The molecule has 3 heterocycles. The van der Waals surface area contributed by atoms with Crippen molar-refractivity contribution >= 4 is 24.2 Å². The molecule has 3 fully saturated rings. The van der Waals surface area contributed by atoms with Crippen LogP contribution in [0.15, 0.2) is 18.2 Å². The zero-order chi connectivity index (χ0) is 19.6. The number of carbonyl (C=O) groups excluding carboxylic acids is 1. The summed E-state index contributed by atoms with van der Waals surface area (Å²) < 4.78 is 27.5. The molecule has 0 unspecified atom stereocenters. The first-order valence-electron chi connectivity index (χ1n) is 9.68. The summed E-state index contributed by atoms with van der Waals surface area (Å²) in [6.07, 6.45) is 0.983. The van der Waals surface area contributed by atoms with Crippen LogP contribution in [0.1, 0.15) is 41.0 Å². The van der Waals surface area contributed by atoms with Crippen molar-refractivity contribution in [3.05, 3.63) is 24.0 Å². The molecule has 0 aliphatic carbocycles. The van der Waals surface area contributed by atoms with Crippen LogP contribution in [0, 0.1) is 11.2 Å². The zero-order valence-corrected chi connectivity index (χ0v) is 16.8. The first-order chi connectivity index (χ1) is 12.5. The van der Waals surface area contributed by atoms with E-state index in [9.17, 15) is 4.79 Å². The Kier molecular flexibility index (Phi) is 4.13. The summed E-state index contributed by atoms with van der Waals surface area (Å²) in [6, 6.07) is 5.44. The molecule has 4 rings (SSSR count). The minimum absolute atomic E-state index is 0.110. The third-order valence-corrected chi connectivity index (χ3v) is 6.79. The molecule has 146 valence electrons. The topological polar surface area (TPSA) is 42.0 Å². The van der Waals surface area contributed by atoms with Crippen molar-refractivity contribution < 1.29 is 18.5 Å². The second kappa shape index (κ2) is 5.95. The van der Waals surface area contributed by atoms with Crippen LogP contribution in [-0.4, -0.2) is 55.3 Å². The van der Waals surface area contributed by atoms with E-state index in [0.717, 1.165) is 32.6 Å². The molecule has 27 heavy (non-hydrogen) atoms. The lowest BCUT2D eigenvalue weighted by Crippen LogP contribution is -2.59. The minimum Gasteiger partial charge on any atom is -0.399 e. The molecule has 1 aromatic rings. The van der Waals surface area contributed by atoms with Gasteiger partial charge in [0.1, 0.15) is 5.82 Å². The lowest BCUT2D eigenvalue weighted by molar-refractivity contribution is -0.139. The van der Waals surface area contributed by atoms with E-state index in [4.69, 9.17) is 9.31 Å². The fourth-order valence-corrected chi connectivity index (χ4v) is 4.32. The van der Waals surface area contributed by atoms with Gasteiger partial charge in [0.15, 0.2) is 0 Å². The fourth-order valence-electron chi connectivity index (χ4n) is 4.32. The Morgan fingerprint density at radius 1 is 1.11 bits per heavy atom. The first kappa shape index (κ1) is 18.8. The summed E-state index contributed by atoms with van der Waals surface area (Å²) in [5.41, 5.74) is 0.157. The van der Waals surface area contributed by atoms with Crippen LogP contribution in [0.4, 0.5) is 10.1 Å². The lowest BCUT2D eigenvalue weighted by atomic mass is 9.78. The molecule has 3 saturated heterocycles. The molecule has 1 spiro atoms. The number of hydrogen-bond acceptors (Lipinski definition) is 4. The Morgan fingerprint density at radius 2 is 1.74 bits per heavy atom. The quantitative estimate of drug-likeness (QED) is 0.745. The third kappa shape index (κ3) is 2.95. The molecule has 1 aromatic carbocycles. The normalized spacial score (nSPS) is 25.2. The van der Waals surface area contributed by atoms with E-state index in [-0.39, 0.29) is 17.1 Å². The van der Waals surface area contributed by atoms with Crippen LogP contribution >= 0.6 is 0 Å². The van der Waals surface area contributed by atoms with E-state index in [1.807, 2.05) is 44.7 Å². The number of amides is 1. The number of nitrogens with zero attached hydrogens (tertiary/aromatic N) is 2. The van der Waals surface area contributed by atoms with Crippen LogP contribution < -0.4 is 10.4 Å². The number of halogens is 1. The Hall–Kier alpha value is -1.60. The molecule has 7 heteroatoms. The monoisotopic (exact) mass is 374 g/mol. The number of likely N-dealkylation sites (tertiary alicyclic amines) is 1. The van der Waals surface area contributed by atoms with Crippen LogP contribution in [-0.2, 0) is 14.1 Å². The van der Waals surface area contributed by atoms with Gasteiger partial charge in [0, 0.05) is 44.0 Å². The number of rotatable bonds is 2. The average molecular weight is 374 g/mol. The second-order valence-electron chi connectivity index (χ2n) is 9.32. The molecule has 1 amide bonds. The van der Waals surface area contributed by atoms with Crippen molar-refractivity contribution in [1.29, 1.82) is 0 Å². The smallest absolute Gasteiger partial charge is 0.399 e. The molecule has 0 aromatic heterocycles. The molecule has 3 aliphatic rings. The molecule has 5 nitrogen and oxygen atoms in total. The highest BCUT2D eigenvalue weighted by atomic mass is 19.1. The van der Waals surface area contributed by atoms with Gasteiger partial charge in [0.05, 0.1) is 16.9 Å². The van der Waals surface area contributed by atoms with Gasteiger partial charge in [-0.2, -0.15) is 0 Å². The highest BCUT2D eigenvalue weighted by Crippen LogP contribution is 2.42. The van der Waals surface area contributed by atoms with E-state index in [1.165, 1.54) is 0 Å². The molecule has 3 aliphatic heterocycles. The van der Waals surface area contributed by atoms with Gasteiger partial charge in [-0.25, -0.2) is 4.39 Å². The van der Waals surface area contributed by atoms with Crippen LogP contribution in [0.25, 0.3) is 0 Å². The van der Waals surface area contributed by atoms with E-state index in [2.05, 4.69) is 4.90 Å². The molecule has 0 bridgehead atoms. The SMILES string of the molecule is CC(=O)N1CC2(CCN(c3cccc(B4OC(C)(C)C(C)(C)O4)c3F)C2)C1. The third-order valence-electron chi connectivity index (χ3n) is 6.79. The Morgan fingerprint density at radius 3 is 2.33 bits per heavy atom. The largest absolute Gasteiger partial charge is 0.497 e. The van der Waals surface area contributed by atoms with Gasteiger partial charge in [-0.15, -0.1) is 0 Å².